The number of hydrogen-bond donors (Lipinski definition) is 0. The molecule has 3 nitrogen and oxygen atoms in total. The summed E-state index contributed by atoms with van der Waals surface area (Å²) >= 11 is 0. The van der Waals surface area contributed by atoms with Crippen molar-refractivity contribution in [2.24, 2.45) is 0 Å². The van der Waals surface area contributed by atoms with E-state index >= 15 is 0 Å². The van der Waals surface area contributed by atoms with Gasteiger partial charge in [0.1, 0.15) is 6.33 Å². The van der Waals surface area contributed by atoms with Gasteiger partial charge in [-0.2, -0.15) is 5.10 Å². The molecule has 0 radical (unpaired) electrons. The molecule has 2 aromatic heterocycles. The molecule has 0 aliphatic carbocycles. The van der Waals surface area contributed by atoms with Gasteiger partial charge in [0.2, 0.25) is 0 Å². The summed E-state index contributed by atoms with van der Waals surface area (Å²) in [5.41, 5.74) is 2.09. The second-order valence-electron chi connectivity index (χ2n) is 2.18. The lowest BCUT2D eigenvalue weighted by molar-refractivity contribution is 0.887. The van der Waals surface area contributed by atoms with Crippen molar-refractivity contribution in [2.75, 3.05) is 0 Å². The molecule has 2 heterocycles. The van der Waals surface area contributed by atoms with Gasteiger partial charge in [-0.1, -0.05) is 13.8 Å². The lowest BCUT2D eigenvalue weighted by atomic mass is 10.4. The van der Waals surface area contributed by atoms with Crippen LogP contribution >= 0.6 is 0 Å². The Hall–Kier alpha value is -1.38. The molecule has 2 aromatic rings. The molecular formula is C9H13N3. The summed E-state index contributed by atoms with van der Waals surface area (Å²) in [6, 6.07) is 3.95. The first kappa shape index (κ1) is 8.71. The van der Waals surface area contributed by atoms with E-state index in [2.05, 4.69) is 10.1 Å². The first-order chi connectivity index (χ1) is 5.88. The molecule has 0 aliphatic heterocycles. The van der Waals surface area contributed by atoms with E-state index < -0.39 is 0 Å². The average Bonchev–Trinajstić information content (AvgIpc) is 2.57. The van der Waals surface area contributed by atoms with E-state index in [4.69, 9.17) is 0 Å². The van der Waals surface area contributed by atoms with Crippen LogP contribution in [-0.4, -0.2) is 14.6 Å². The zero-order chi connectivity index (χ0) is 8.97. The predicted octanol–water partition coefficient (Wildman–Crippen LogP) is 2.06. The maximum absolute atomic E-state index is 4.05. The van der Waals surface area contributed by atoms with Crippen molar-refractivity contribution in [3.63, 3.8) is 0 Å². The molecule has 0 spiro atoms. The second-order valence-corrected chi connectivity index (χ2v) is 2.18. The normalized spacial score (nSPS) is 9.25. The fourth-order valence-electron chi connectivity index (χ4n) is 0.994. The summed E-state index contributed by atoms with van der Waals surface area (Å²) in [4.78, 5) is 4.05. The molecule has 0 saturated heterocycles. The van der Waals surface area contributed by atoms with Crippen LogP contribution in [0.5, 0.6) is 0 Å². The first-order valence-electron chi connectivity index (χ1n) is 4.13. The van der Waals surface area contributed by atoms with E-state index in [9.17, 15) is 0 Å². The maximum atomic E-state index is 4.05. The van der Waals surface area contributed by atoms with Crippen LogP contribution in [0.4, 0.5) is 0 Å². The minimum absolute atomic E-state index is 1.01. The number of hydrogen-bond acceptors (Lipinski definition) is 2. The van der Waals surface area contributed by atoms with Crippen LogP contribution in [0.15, 0.2) is 24.7 Å². The molecule has 0 atom stereocenters. The number of fused-ring (bicyclic) bond motifs is 1. The third-order valence-electron chi connectivity index (χ3n) is 1.53. The Balaban J connectivity index is 0.000000336. The Morgan fingerprint density at radius 3 is 2.75 bits per heavy atom. The fraction of sp³-hybridized carbons (Fsp3) is 0.333. The fourth-order valence-corrected chi connectivity index (χ4v) is 0.994. The highest BCUT2D eigenvalue weighted by Gasteiger charge is 1.94. The van der Waals surface area contributed by atoms with Crippen LogP contribution in [0.25, 0.3) is 5.52 Å². The topological polar surface area (TPSA) is 30.2 Å². The molecule has 3 heteroatoms. The largest absolute Gasteiger partial charge is 0.238 e. The zero-order valence-corrected chi connectivity index (χ0v) is 7.65. The van der Waals surface area contributed by atoms with E-state index in [1.807, 2.05) is 43.6 Å². The van der Waals surface area contributed by atoms with Gasteiger partial charge in [0.25, 0.3) is 0 Å². The molecule has 0 aromatic carbocycles. The smallest absolute Gasteiger partial charge is 0.136 e. The number of nitrogens with zero attached hydrogens (tertiary/aromatic N) is 3. The molecule has 0 unspecified atom stereocenters. The molecule has 0 bridgehead atoms. The number of aromatic nitrogens is 3. The summed E-state index contributed by atoms with van der Waals surface area (Å²) in [7, 11) is 0. The van der Waals surface area contributed by atoms with Gasteiger partial charge in [-0.15, -0.1) is 0 Å². The summed E-state index contributed by atoms with van der Waals surface area (Å²) in [6.07, 6.45) is 3.46. The van der Waals surface area contributed by atoms with Gasteiger partial charge >= 0.3 is 0 Å². The van der Waals surface area contributed by atoms with Crippen molar-refractivity contribution in [1.82, 2.24) is 14.6 Å². The average molecular weight is 163 g/mol. The lowest BCUT2D eigenvalue weighted by Crippen LogP contribution is -1.92. The van der Waals surface area contributed by atoms with Crippen LogP contribution in [-0.2, 0) is 0 Å². The van der Waals surface area contributed by atoms with Gasteiger partial charge in [0.15, 0.2) is 0 Å². The molecule has 64 valence electrons. The highest BCUT2D eigenvalue weighted by Crippen LogP contribution is 2.03. The van der Waals surface area contributed by atoms with E-state index in [1.54, 1.807) is 6.33 Å². The zero-order valence-electron chi connectivity index (χ0n) is 7.65. The third-order valence-corrected chi connectivity index (χ3v) is 1.53. The van der Waals surface area contributed by atoms with E-state index in [0.717, 1.165) is 11.2 Å². The molecule has 0 saturated carbocycles. The van der Waals surface area contributed by atoms with Crippen LogP contribution in [0.2, 0.25) is 0 Å². The minimum Gasteiger partial charge on any atom is -0.238 e. The molecule has 2 rings (SSSR count). The standard InChI is InChI=1S/C7H7N3.C2H6/c1-6-7-3-2-4-10(7)9-5-8-6;1-2/h2-5H,1H3;1-2H3. The Morgan fingerprint density at radius 2 is 2.08 bits per heavy atom. The number of aryl methyl sites for hydroxylation is 1. The molecule has 12 heavy (non-hydrogen) atoms. The molecule has 0 amide bonds. The van der Waals surface area contributed by atoms with Gasteiger partial charge in [-0.25, -0.2) is 9.50 Å². The quantitative estimate of drug-likeness (QED) is 0.595. The van der Waals surface area contributed by atoms with Gasteiger partial charge in [-0.05, 0) is 19.1 Å². The molecule has 0 aliphatic rings. The minimum atomic E-state index is 1.01. The third kappa shape index (κ3) is 1.44. The van der Waals surface area contributed by atoms with Crippen molar-refractivity contribution >= 4 is 5.52 Å². The maximum Gasteiger partial charge on any atom is 0.136 e. The van der Waals surface area contributed by atoms with Crippen LogP contribution in [0.3, 0.4) is 0 Å². The summed E-state index contributed by atoms with van der Waals surface area (Å²) < 4.78 is 1.81. The predicted molar refractivity (Wildman–Crippen MR) is 49.1 cm³/mol. The Bertz CT molecular complexity index is 351. The van der Waals surface area contributed by atoms with Gasteiger partial charge in [-0.3, -0.25) is 0 Å². The summed E-state index contributed by atoms with van der Waals surface area (Å²) in [5.74, 6) is 0. The van der Waals surface area contributed by atoms with Crippen LogP contribution < -0.4 is 0 Å². The lowest BCUT2D eigenvalue weighted by Gasteiger charge is -1.93. The highest BCUT2D eigenvalue weighted by molar-refractivity contribution is 5.49. The van der Waals surface area contributed by atoms with Gasteiger partial charge in [0, 0.05) is 6.20 Å². The number of rotatable bonds is 0. The Labute approximate surface area is 72.1 Å². The van der Waals surface area contributed by atoms with Crippen molar-refractivity contribution in [2.45, 2.75) is 20.8 Å². The second kappa shape index (κ2) is 3.85. The summed E-state index contributed by atoms with van der Waals surface area (Å²) in [6.45, 7) is 5.97. The van der Waals surface area contributed by atoms with Crippen LogP contribution in [0, 0.1) is 6.92 Å². The van der Waals surface area contributed by atoms with Gasteiger partial charge < -0.3 is 0 Å². The van der Waals surface area contributed by atoms with Crippen molar-refractivity contribution in [3.8, 4) is 0 Å². The molecular weight excluding hydrogens is 150 g/mol. The van der Waals surface area contributed by atoms with Gasteiger partial charge in [0.05, 0.1) is 11.2 Å². The SMILES string of the molecule is CC.Cc1ncnn2cccc12. The van der Waals surface area contributed by atoms with Crippen LogP contribution in [0.1, 0.15) is 19.5 Å². The van der Waals surface area contributed by atoms with Crippen molar-refractivity contribution in [3.05, 3.63) is 30.4 Å². The Morgan fingerprint density at radius 1 is 1.33 bits per heavy atom. The monoisotopic (exact) mass is 163 g/mol. The molecule has 0 N–H and O–H groups in total. The van der Waals surface area contributed by atoms with E-state index in [0.29, 0.717) is 0 Å². The first-order valence-corrected chi connectivity index (χ1v) is 4.13. The van der Waals surface area contributed by atoms with E-state index in [-0.39, 0.29) is 0 Å². The summed E-state index contributed by atoms with van der Waals surface area (Å²) in [5, 5.41) is 4.01. The van der Waals surface area contributed by atoms with E-state index in [1.165, 1.54) is 0 Å². The highest BCUT2D eigenvalue weighted by atomic mass is 15.2. The van der Waals surface area contributed by atoms with Crippen molar-refractivity contribution < 1.29 is 0 Å². The molecule has 0 fully saturated rings. The Kier molecular flexibility index (Phi) is 2.80. The van der Waals surface area contributed by atoms with Crippen molar-refractivity contribution in [1.29, 1.82) is 0 Å².